The van der Waals surface area contributed by atoms with Crippen LogP contribution in [0.1, 0.15) is 69.1 Å². The molecule has 0 bridgehead atoms. The fraction of sp³-hybridized carbons (Fsp3) is 0.765. The standard InChI is InChI=1S/C17H29N3O/c1-11-5-7-15(8-6-11)9-10-18-12(2)16-13(3)19-14(4)20-17(16)21/h11-12,15,18H,5-10H2,1-4H3,(H,19,20,21). The molecule has 1 fully saturated rings. The summed E-state index contributed by atoms with van der Waals surface area (Å²) in [6.07, 6.45) is 6.70. The Balaban J connectivity index is 1.85. The van der Waals surface area contributed by atoms with Crippen LogP contribution >= 0.6 is 0 Å². The van der Waals surface area contributed by atoms with Gasteiger partial charge in [-0.1, -0.05) is 32.6 Å². The average Bonchev–Trinajstić information content (AvgIpc) is 2.40. The van der Waals surface area contributed by atoms with E-state index in [-0.39, 0.29) is 11.6 Å². The number of nitrogens with one attached hydrogen (secondary N) is 2. The van der Waals surface area contributed by atoms with Gasteiger partial charge in [0.1, 0.15) is 5.82 Å². The van der Waals surface area contributed by atoms with Crippen LogP contribution in [-0.2, 0) is 0 Å². The predicted molar refractivity (Wildman–Crippen MR) is 86.5 cm³/mol. The minimum atomic E-state index is -0.00788. The summed E-state index contributed by atoms with van der Waals surface area (Å²) in [6, 6.07) is 0.0596. The third-order valence-electron chi connectivity index (χ3n) is 4.84. The molecule has 21 heavy (non-hydrogen) atoms. The van der Waals surface area contributed by atoms with Crippen molar-refractivity contribution in [2.24, 2.45) is 11.8 Å². The van der Waals surface area contributed by atoms with Crippen LogP contribution in [0, 0.1) is 25.7 Å². The van der Waals surface area contributed by atoms with Gasteiger partial charge in [-0.05, 0) is 45.6 Å². The molecule has 1 heterocycles. The molecule has 4 nitrogen and oxygen atoms in total. The van der Waals surface area contributed by atoms with Gasteiger partial charge in [0.05, 0.1) is 5.56 Å². The summed E-state index contributed by atoms with van der Waals surface area (Å²) in [6.45, 7) is 9.12. The van der Waals surface area contributed by atoms with Crippen LogP contribution in [0.25, 0.3) is 0 Å². The molecule has 1 unspecified atom stereocenters. The van der Waals surface area contributed by atoms with Crippen molar-refractivity contribution in [3.05, 3.63) is 27.4 Å². The van der Waals surface area contributed by atoms with E-state index in [1.165, 1.54) is 32.1 Å². The molecule has 0 aromatic carbocycles. The summed E-state index contributed by atoms with van der Waals surface area (Å²) in [5.41, 5.74) is 1.60. The molecular weight excluding hydrogens is 262 g/mol. The first kappa shape index (κ1) is 16.2. The molecule has 2 rings (SSSR count). The van der Waals surface area contributed by atoms with Crippen LogP contribution < -0.4 is 10.9 Å². The highest BCUT2D eigenvalue weighted by Crippen LogP contribution is 2.30. The van der Waals surface area contributed by atoms with Crippen molar-refractivity contribution in [2.45, 2.75) is 65.8 Å². The molecule has 1 aliphatic carbocycles. The third kappa shape index (κ3) is 4.40. The molecule has 1 aliphatic rings. The fourth-order valence-corrected chi connectivity index (χ4v) is 3.47. The quantitative estimate of drug-likeness (QED) is 0.875. The van der Waals surface area contributed by atoms with E-state index in [1.54, 1.807) is 0 Å². The molecule has 0 spiro atoms. The number of hydrogen-bond acceptors (Lipinski definition) is 3. The topological polar surface area (TPSA) is 57.8 Å². The smallest absolute Gasteiger partial charge is 0.255 e. The van der Waals surface area contributed by atoms with Crippen LogP contribution in [0.15, 0.2) is 4.79 Å². The molecule has 1 atom stereocenters. The second-order valence-corrected chi connectivity index (χ2v) is 6.74. The third-order valence-corrected chi connectivity index (χ3v) is 4.84. The van der Waals surface area contributed by atoms with Gasteiger partial charge in [0.25, 0.3) is 5.56 Å². The number of hydrogen-bond donors (Lipinski definition) is 2. The first-order valence-corrected chi connectivity index (χ1v) is 8.28. The number of aromatic nitrogens is 2. The number of nitrogens with zero attached hydrogens (tertiary/aromatic N) is 1. The monoisotopic (exact) mass is 291 g/mol. The van der Waals surface area contributed by atoms with Crippen LogP contribution in [0.2, 0.25) is 0 Å². The number of aryl methyl sites for hydroxylation is 2. The van der Waals surface area contributed by atoms with E-state index in [9.17, 15) is 4.79 Å². The van der Waals surface area contributed by atoms with Gasteiger partial charge in [0, 0.05) is 11.7 Å². The molecular formula is C17H29N3O. The van der Waals surface area contributed by atoms with Gasteiger partial charge in [0.15, 0.2) is 0 Å². The van der Waals surface area contributed by atoms with Gasteiger partial charge in [-0.3, -0.25) is 4.79 Å². The Kier molecular flexibility index (Phi) is 5.57. The van der Waals surface area contributed by atoms with Crippen LogP contribution in [0.3, 0.4) is 0 Å². The Morgan fingerprint density at radius 2 is 1.95 bits per heavy atom. The Hall–Kier alpha value is -1.16. The minimum absolute atomic E-state index is 0.00788. The van der Waals surface area contributed by atoms with Crippen LogP contribution in [0.5, 0.6) is 0 Å². The molecule has 1 aromatic heterocycles. The maximum Gasteiger partial charge on any atom is 0.255 e. The van der Waals surface area contributed by atoms with Crippen molar-refractivity contribution in [1.82, 2.24) is 15.3 Å². The van der Waals surface area contributed by atoms with Crippen molar-refractivity contribution >= 4 is 0 Å². The molecule has 0 amide bonds. The van der Waals surface area contributed by atoms with E-state index >= 15 is 0 Å². The van der Waals surface area contributed by atoms with Gasteiger partial charge in [-0.15, -0.1) is 0 Å². The van der Waals surface area contributed by atoms with E-state index < -0.39 is 0 Å². The molecule has 1 saturated carbocycles. The normalized spacial score (nSPS) is 24.0. The van der Waals surface area contributed by atoms with Gasteiger partial charge in [-0.25, -0.2) is 4.98 Å². The van der Waals surface area contributed by atoms with Crippen LogP contribution in [0.4, 0.5) is 0 Å². The van der Waals surface area contributed by atoms with Crippen molar-refractivity contribution in [1.29, 1.82) is 0 Å². The molecule has 1 aromatic rings. The highest BCUT2D eigenvalue weighted by molar-refractivity contribution is 5.19. The van der Waals surface area contributed by atoms with E-state index in [1.807, 2.05) is 13.8 Å². The zero-order valence-corrected chi connectivity index (χ0v) is 13.8. The maximum absolute atomic E-state index is 12.1. The highest BCUT2D eigenvalue weighted by Gasteiger charge is 2.19. The molecule has 0 saturated heterocycles. The minimum Gasteiger partial charge on any atom is -0.310 e. The molecule has 4 heteroatoms. The number of H-pyrrole nitrogens is 1. The second kappa shape index (κ2) is 7.21. The van der Waals surface area contributed by atoms with Crippen molar-refractivity contribution in [3.63, 3.8) is 0 Å². The zero-order chi connectivity index (χ0) is 15.4. The van der Waals surface area contributed by atoms with Crippen LogP contribution in [-0.4, -0.2) is 16.5 Å². The van der Waals surface area contributed by atoms with Gasteiger partial charge in [0.2, 0.25) is 0 Å². The zero-order valence-electron chi connectivity index (χ0n) is 13.8. The lowest BCUT2D eigenvalue weighted by Gasteiger charge is -2.26. The molecule has 2 N–H and O–H groups in total. The lowest BCUT2D eigenvalue weighted by atomic mass is 9.81. The Morgan fingerprint density at radius 3 is 2.57 bits per heavy atom. The first-order chi connectivity index (χ1) is 9.97. The summed E-state index contributed by atoms with van der Waals surface area (Å²) in [4.78, 5) is 19.2. The first-order valence-electron chi connectivity index (χ1n) is 8.28. The van der Waals surface area contributed by atoms with E-state index in [0.29, 0.717) is 5.82 Å². The Morgan fingerprint density at radius 1 is 1.29 bits per heavy atom. The summed E-state index contributed by atoms with van der Waals surface area (Å²) < 4.78 is 0. The summed E-state index contributed by atoms with van der Waals surface area (Å²) >= 11 is 0. The van der Waals surface area contributed by atoms with Gasteiger partial charge >= 0.3 is 0 Å². The largest absolute Gasteiger partial charge is 0.310 e. The van der Waals surface area contributed by atoms with E-state index in [0.717, 1.165) is 29.6 Å². The Bertz CT molecular complexity index is 515. The van der Waals surface area contributed by atoms with E-state index in [4.69, 9.17) is 0 Å². The van der Waals surface area contributed by atoms with Crippen molar-refractivity contribution < 1.29 is 0 Å². The summed E-state index contributed by atoms with van der Waals surface area (Å²) in [7, 11) is 0. The van der Waals surface area contributed by atoms with E-state index in [2.05, 4.69) is 29.1 Å². The lowest BCUT2D eigenvalue weighted by Crippen LogP contribution is -2.29. The van der Waals surface area contributed by atoms with Crippen molar-refractivity contribution in [2.75, 3.05) is 6.54 Å². The number of rotatable bonds is 5. The maximum atomic E-state index is 12.1. The molecule has 0 radical (unpaired) electrons. The SMILES string of the molecule is Cc1nc(C)c(C(C)NCCC2CCC(C)CC2)c(=O)[nH]1. The summed E-state index contributed by atoms with van der Waals surface area (Å²) in [5, 5.41) is 3.50. The fourth-order valence-electron chi connectivity index (χ4n) is 3.47. The lowest BCUT2D eigenvalue weighted by molar-refractivity contribution is 0.273. The highest BCUT2D eigenvalue weighted by atomic mass is 16.1. The summed E-state index contributed by atoms with van der Waals surface area (Å²) in [5.74, 6) is 2.45. The van der Waals surface area contributed by atoms with Crippen molar-refractivity contribution in [3.8, 4) is 0 Å². The molecule has 0 aliphatic heterocycles. The predicted octanol–water partition coefficient (Wildman–Crippen LogP) is 3.25. The molecule has 118 valence electrons. The number of aromatic amines is 1. The second-order valence-electron chi connectivity index (χ2n) is 6.74. The van der Waals surface area contributed by atoms with Gasteiger partial charge in [-0.2, -0.15) is 0 Å². The average molecular weight is 291 g/mol. The van der Waals surface area contributed by atoms with Gasteiger partial charge < -0.3 is 10.3 Å². The Labute approximate surface area is 127 Å².